The number of piperidine rings is 1. The first kappa shape index (κ1) is 24.9. The van der Waals surface area contributed by atoms with Crippen molar-refractivity contribution >= 4 is 29.9 Å². The average Bonchev–Trinajstić information content (AvgIpc) is 2.69. The number of benzene rings is 1. The Bertz CT molecular complexity index is 563. The lowest BCUT2D eigenvalue weighted by Gasteiger charge is -2.32. The minimum atomic E-state index is -0.612. The molecule has 0 spiro atoms. The number of aliphatic hydroxyl groups is 1. The van der Waals surface area contributed by atoms with Crippen molar-refractivity contribution in [1.29, 1.82) is 0 Å². The predicted octanol–water partition coefficient (Wildman–Crippen LogP) is 2.39. The quantitative estimate of drug-likeness (QED) is 0.199. The number of nitrogens with one attached hydrogen (secondary N) is 2. The number of ether oxygens (including phenoxy) is 1. The summed E-state index contributed by atoms with van der Waals surface area (Å²) in [7, 11) is 0. The van der Waals surface area contributed by atoms with Gasteiger partial charge in [0.25, 0.3) is 0 Å². The van der Waals surface area contributed by atoms with Crippen LogP contribution >= 0.6 is 24.0 Å². The molecule has 0 amide bonds. The van der Waals surface area contributed by atoms with E-state index in [0.717, 1.165) is 50.5 Å². The minimum absolute atomic E-state index is 0. The Balaban J connectivity index is 0.00000392. The number of aliphatic hydroxyl groups excluding tert-OH is 1. The Morgan fingerprint density at radius 3 is 2.71 bits per heavy atom. The Kier molecular flexibility index (Phi) is 13.1. The van der Waals surface area contributed by atoms with Gasteiger partial charge in [-0.2, -0.15) is 0 Å². The van der Waals surface area contributed by atoms with Gasteiger partial charge in [-0.05, 0) is 25.3 Å². The summed E-state index contributed by atoms with van der Waals surface area (Å²) < 4.78 is 5.58. The molecule has 0 aromatic heterocycles. The van der Waals surface area contributed by atoms with Crippen LogP contribution in [0.2, 0.25) is 0 Å². The largest absolute Gasteiger partial charge is 0.389 e. The number of aliphatic imine (C=N–C) groups is 1. The van der Waals surface area contributed by atoms with Crippen molar-refractivity contribution in [2.75, 3.05) is 39.3 Å². The van der Waals surface area contributed by atoms with Crippen molar-refractivity contribution in [3.63, 3.8) is 0 Å². The summed E-state index contributed by atoms with van der Waals surface area (Å²) in [4.78, 5) is 6.93. The summed E-state index contributed by atoms with van der Waals surface area (Å²) in [5.41, 5.74) is 1.10. The fourth-order valence-electron chi connectivity index (χ4n) is 3.09. The molecular formula is C21H35IN4O2. The maximum absolute atomic E-state index is 10.1. The molecule has 1 aromatic carbocycles. The maximum atomic E-state index is 10.1. The highest BCUT2D eigenvalue weighted by atomic mass is 127. The normalized spacial score (nSPS) is 16.9. The number of guanidine groups is 1. The number of hydrogen-bond donors (Lipinski definition) is 3. The molecule has 2 rings (SSSR count). The molecule has 1 saturated heterocycles. The zero-order valence-electron chi connectivity index (χ0n) is 16.8. The first-order valence-corrected chi connectivity index (χ1v) is 9.89. The van der Waals surface area contributed by atoms with Gasteiger partial charge in [-0.1, -0.05) is 36.4 Å². The summed E-state index contributed by atoms with van der Waals surface area (Å²) in [6, 6.07) is 10.4. The standard InChI is InChI=1S/C21H34N4O2.HI/c1-3-12-25-13-10-19(11-14-25)24-21(22-4-2)23-15-20(26)17-27-16-18-8-6-5-7-9-18;/h3,5-9,19-20,26H,1,4,10-17H2,2H3,(H2,22,23,24);1H. The summed E-state index contributed by atoms with van der Waals surface area (Å²) in [6.07, 6.45) is 3.52. The van der Waals surface area contributed by atoms with Crippen LogP contribution in [0.1, 0.15) is 25.3 Å². The molecular weight excluding hydrogens is 467 g/mol. The van der Waals surface area contributed by atoms with Crippen LogP contribution in [0.4, 0.5) is 0 Å². The molecule has 0 saturated carbocycles. The van der Waals surface area contributed by atoms with E-state index in [1.165, 1.54) is 0 Å². The third kappa shape index (κ3) is 9.86. The van der Waals surface area contributed by atoms with Gasteiger partial charge >= 0.3 is 0 Å². The lowest BCUT2D eigenvalue weighted by Crippen LogP contribution is -2.49. The highest BCUT2D eigenvalue weighted by molar-refractivity contribution is 14.0. The van der Waals surface area contributed by atoms with Gasteiger partial charge in [-0.15, -0.1) is 30.6 Å². The Hall–Kier alpha value is -1.16. The molecule has 1 aromatic rings. The molecule has 7 heteroatoms. The van der Waals surface area contributed by atoms with Crippen LogP contribution in [0.15, 0.2) is 48.0 Å². The zero-order valence-corrected chi connectivity index (χ0v) is 19.2. The van der Waals surface area contributed by atoms with Crippen molar-refractivity contribution in [2.45, 2.75) is 38.5 Å². The number of likely N-dealkylation sites (tertiary alicyclic amines) is 1. The van der Waals surface area contributed by atoms with E-state index in [2.05, 4.69) is 27.1 Å². The number of hydrogen-bond acceptors (Lipinski definition) is 4. The molecule has 3 N–H and O–H groups in total. The van der Waals surface area contributed by atoms with E-state index in [9.17, 15) is 5.11 Å². The summed E-state index contributed by atoms with van der Waals surface area (Å²) in [5, 5.41) is 16.9. The summed E-state index contributed by atoms with van der Waals surface area (Å²) in [5.74, 6) is 0.766. The molecule has 1 unspecified atom stereocenters. The monoisotopic (exact) mass is 502 g/mol. The van der Waals surface area contributed by atoms with Crippen LogP contribution in [0, 0.1) is 0 Å². The molecule has 1 aliphatic rings. The average molecular weight is 502 g/mol. The van der Waals surface area contributed by atoms with Crippen molar-refractivity contribution in [3.8, 4) is 0 Å². The molecule has 1 atom stereocenters. The van der Waals surface area contributed by atoms with E-state index in [4.69, 9.17) is 4.74 Å². The summed E-state index contributed by atoms with van der Waals surface area (Å²) >= 11 is 0. The Morgan fingerprint density at radius 2 is 2.07 bits per heavy atom. The first-order chi connectivity index (χ1) is 13.2. The van der Waals surface area contributed by atoms with Gasteiger partial charge in [-0.3, -0.25) is 9.89 Å². The van der Waals surface area contributed by atoms with Gasteiger partial charge in [0.05, 0.1) is 25.9 Å². The fourth-order valence-corrected chi connectivity index (χ4v) is 3.09. The van der Waals surface area contributed by atoms with E-state index in [-0.39, 0.29) is 30.6 Å². The van der Waals surface area contributed by atoms with E-state index in [0.29, 0.717) is 19.2 Å². The van der Waals surface area contributed by atoms with Crippen LogP contribution in [0.25, 0.3) is 0 Å². The lowest BCUT2D eigenvalue weighted by molar-refractivity contribution is 0.0331. The van der Waals surface area contributed by atoms with E-state index in [1.54, 1.807) is 0 Å². The first-order valence-electron chi connectivity index (χ1n) is 9.89. The SMILES string of the molecule is C=CCN1CCC(NC(=NCC(O)COCc2ccccc2)NCC)CC1.I. The van der Waals surface area contributed by atoms with Gasteiger partial charge in [0.1, 0.15) is 0 Å². The van der Waals surface area contributed by atoms with Gasteiger partial charge in [0, 0.05) is 32.2 Å². The van der Waals surface area contributed by atoms with Crippen molar-refractivity contribution in [2.24, 2.45) is 4.99 Å². The number of rotatable bonds is 10. The summed E-state index contributed by atoms with van der Waals surface area (Å²) in [6.45, 7) is 10.8. The molecule has 158 valence electrons. The second kappa shape index (κ2) is 14.8. The molecule has 0 radical (unpaired) electrons. The molecule has 1 fully saturated rings. The maximum Gasteiger partial charge on any atom is 0.191 e. The van der Waals surface area contributed by atoms with Crippen molar-refractivity contribution < 1.29 is 9.84 Å². The van der Waals surface area contributed by atoms with Gasteiger partial charge in [0.2, 0.25) is 0 Å². The molecule has 0 bridgehead atoms. The van der Waals surface area contributed by atoms with Gasteiger partial charge in [0.15, 0.2) is 5.96 Å². The van der Waals surface area contributed by atoms with Crippen LogP contribution in [0.3, 0.4) is 0 Å². The van der Waals surface area contributed by atoms with Crippen molar-refractivity contribution in [3.05, 3.63) is 48.6 Å². The van der Waals surface area contributed by atoms with Crippen LogP contribution in [0.5, 0.6) is 0 Å². The zero-order chi connectivity index (χ0) is 19.3. The predicted molar refractivity (Wildman–Crippen MR) is 126 cm³/mol. The van der Waals surface area contributed by atoms with Crippen molar-refractivity contribution in [1.82, 2.24) is 15.5 Å². The highest BCUT2D eigenvalue weighted by Gasteiger charge is 2.19. The molecule has 1 aliphatic heterocycles. The highest BCUT2D eigenvalue weighted by Crippen LogP contribution is 2.10. The second-order valence-corrected chi connectivity index (χ2v) is 6.88. The third-order valence-corrected chi connectivity index (χ3v) is 4.54. The Labute approximate surface area is 186 Å². The third-order valence-electron chi connectivity index (χ3n) is 4.54. The van der Waals surface area contributed by atoms with Crippen LogP contribution < -0.4 is 10.6 Å². The minimum Gasteiger partial charge on any atom is -0.389 e. The van der Waals surface area contributed by atoms with Crippen LogP contribution in [-0.4, -0.2) is 67.4 Å². The van der Waals surface area contributed by atoms with E-state index >= 15 is 0 Å². The number of nitrogens with zero attached hydrogens (tertiary/aromatic N) is 2. The number of halogens is 1. The lowest BCUT2D eigenvalue weighted by atomic mass is 10.1. The fraction of sp³-hybridized carbons (Fsp3) is 0.571. The second-order valence-electron chi connectivity index (χ2n) is 6.88. The van der Waals surface area contributed by atoms with Gasteiger partial charge in [-0.25, -0.2) is 0 Å². The molecule has 0 aliphatic carbocycles. The van der Waals surface area contributed by atoms with E-state index in [1.807, 2.05) is 43.3 Å². The smallest absolute Gasteiger partial charge is 0.191 e. The van der Waals surface area contributed by atoms with Gasteiger partial charge < -0.3 is 20.5 Å². The Morgan fingerprint density at radius 1 is 1.36 bits per heavy atom. The molecule has 1 heterocycles. The molecule has 6 nitrogen and oxygen atoms in total. The molecule has 28 heavy (non-hydrogen) atoms. The van der Waals surface area contributed by atoms with E-state index < -0.39 is 6.10 Å². The topological polar surface area (TPSA) is 69.1 Å². The van der Waals surface area contributed by atoms with Crippen LogP contribution in [-0.2, 0) is 11.3 Å².